The van der Waals surface area contributed by atoms with Crippen molar-refractivity contribution in [2.75, 3.05) is 0 Å². The van der Waals surface area contributed by atoms with Crippen molar-refractivity contribution in [2.45, 2.75) is 52.0 Å². The topological polar surface area (TPSA) is 64.9 Å². The van der Waals surface area contributed by atoms with E-state index < -0.39 is 0 Å². The number of hydrogen-bond acceptors (Lipinski definition) is 4. The van der Waals surface area contributed by atoms with Gasteiger partial charge in [-0.1, -0.05) is 31.8 Å². The molecule has 0 aliphatic heterocycles. The lowest BCUT2D eigenvalue weighted by molar-refractivity contribution is 0.173. The molecule has 0 saturated heterocycles. The third kappa shape index (κ3) is 2.12. The Morgan fingerprint density at radius 3 is 2.81 bits per heavy atom. The average molecular weight is 223 g/mol. The van der Waals surface area contributed by atoms with Gasteiger partial charge in [0.2, 0.25) is 5.89 Å². The van der Waals surface area contributed by atoms with E-state index in [0.29, 0.717) is 23.6 Å². The normalized spacial score (nSPS) is 30.9. The highest BCUT2D eigenvalue weighted by Gasteiger charge is 2.38. The Morgan fingerprint density at radius 1 is 1.50 bits per heavy atom. The summed E-state index contributed by atoms with van der Waals surface area (Å²) in [5.74, 6) is 2.65. The molecule has 2 atom stereocenters. The lowest BCUT2D eigenvalue weighted by Gasteiger charge is -2.37. The van der Waals surface area contributed by atoms with Crippen LogP contribution in [-0.2, 0) is 5.54 Å². The Morgan fingerprint density at radius 2 is 2.25 bits per heavy atom. The van der Waals surface area contributed by atoms with Crippen molar-refractivity contribution >= 4 is 0 Å². The minimum absolute atomic E-state index is 0.370. The van der Waals surface area contributed by atoms with Crippen LogP contribution in [0, 0.1) is 18.8 Å². The van der Waals surface area contributed by atoms with Gasteiger partial charge in [-0.3, -0.25) is 0 Å². The fourth-order valence-electron chi connectivity index (χ4n) is 2.63. The SMILES string of the molecule is Cc1nc(C2(N)CCCC(C(C)C)C2)no1. The van der Waals surface area contributed by atoms with Gasteiger partial charge in [0.05, 0.1) is 5.54 Å². The van der Waals surface area contributed by atoms with Crippen LogP contribution in [0.4, 0.5) is 0 Å². The summed E-state index contributed by atoms with van der Waals surface area (Å²) in [6.45, 7) is 6.33. The molecule has 1 aromatic heterocycles. The Balaban J connectivity index is 2.18. The second kappa shape index (κ2) is 4.17. The molecule has 16 heavy (non-hydrogen) atoms. The number of hydrogen-bond donors (Lipinski definition) is 1. The highest BCUT2D eigenvalue weighted by molar-refractivity contribution is 5.06. The van der Waals surface area contributed by atoms with Gasteiger partial charge in [0.25, 0.3) is 0 Å². The number of rotatable bonds is 2. The van der Waals surface area contributed by atoms with Crippen LogP contribution in [0.25, 0.3) is 0 Å². The van der Waals surface area contributed by atoms with E-state index in [9.17, 15) is 0 Å². The zero-order valence-electron chi connectivity index (χ0n) is 10.4. The fourth-order valence-corrected chi connectivity index (χ4v) is 2.63. The molecule has 0 aromatic carbocycles. The van der Waals surface area contributed by atoms with E-state index in [0.717, 1.165) is 19.3 Å². The first-order valence-electron chi connectivity index (χ1n) is 6.11. The first-order chi connectivity index (χ1) is 7.51. The third-order valence-electron chi connectivity index (χ3n) is 3.74. The van der Waals surface area contributed by atoms with Crippen LogP contribution in [0.5, 0.6) is 0 Å². The Labute approximate surface area is 96.6 Å². The fraction of sp³-hybridized carbons (Fsp3) is 0.833. The molecule has 0 spiro atoms. The van der Waals surface area contributed by atoms with E-state index >= 15 is 0 Å². The zero-order valence-corrected chi connectivity index (χ0v) is 10.4. The first-order valence-corrected chi connectivity index (χ1v) is 6.11. The van der Waals surface area contributed by atoms with Gasteiger partial charge in [-0.15, -0.1) is 0 Å². The molecule has 1 fully saturated rings. The summed E-state index contributed by atoms with van der Waals surface area (Å²) in [6.07, 6.45) is 4.37. The highest BCUT2D eigenvalue weighted by Crippen LogP contribution is 2.39. The molecule has 1 heterocycles. The maximum Gasteiger partial charge on any atom is 0.223 e. The second-order valence-electron chi connectivity index (χ2n) is 5.39. The maximum absolute atomic E-state index is 6.44. The lowest BCUT2D eigenvalue weighted by Crippen LogP contribution is -2.43. The van der Waals surface area contributed by atoms with Crippen molar-refractivity contribution in [3.8, 4) is 0 Å². The molecule has 0 amide bonds. The summed E-state index contributed by atoms with van der Waals surface area (Å²) >= 11 is 0. The van der Waals surface area contributed by atoms with Crippen LogP contribution in [0.2, 0.25) is 0 Å². The van der Waals surface area contributed by atoms with Crippen LogP contribution >= 0.6 is 0 Å². The highest BCUT2D eigenvalue weighted by atomic mass is 16.5. The zero-order chi connectivity index (χ0) is 11.8. The van der Waals surface area contributed by atoms with Crippen molar-refractivity contribution in [2.24, 2.45) is 17.6 Å². The Bertz CT molecular complexity index is 361. The molecule has 2 rings (SSSR count). The first kappa shape index (κ1) is 11.6. The van der Waals surface area contributed by atoms with E-state index in [-0.39, 0.29) is 5.54 Å². The molecule has 0 bridgehead atoms. The van der Waals surface area contributed by atoms with Gasteiger partial charge in [-0.2, -0.15) is 4.98 Å². The summed E-state index contributed by atoms with van der Waals surface area (Å²) in [4.78, 5) is 4.30. The molecule has 1 saturated carbocycles. The van der Waals surface area contributed by atoms with Crippen LogP contribution in [-0.4, -0.2) is 10.1 Å². The van der Waals surface area contributed by atoms with Crippen LogP contribution < -0.4 is 5.73 Å². The van der Waals surface area contributed by atoms with Crippen LogP contribution in [0.3, 0.4) is 0 Å². The lowest BCUT2D eigenvalue weighted by atomic mass is 9.72. The van der Waals surface area contributed by atoms with Crippen molar-refractivity contribution < 1.29 is 4.52 Å². The molecule has 2 N–H and O–H groups in total. The average Bonchev–Trinajstić information content (AvgIpc) is 2.65. The minimum atomic E-state index is -0.370. The summed E-state index contributed by atoms with van der Waals surface area (Å²) in [5, 5.41) is 3.99. The Hall–Kier alpha value is -0.900. The van der Waals surface area contributed by atoms with Crippen LogP contribution in [0.15, 0.2) is 4.52 Å². The number of aromatic nitrogens is 2. The largest absolute Gasteiger partial charge is 0.340 e. The van der Waals surface area contributed by atoms with Gasteiger partial charge < -0.3 is 10.3 Å². The molecule has 4 nitrogen and oxygen atoms in total. The van der Waals surface area contributed by atoms with Crippen molar-refractivity contribution in [1.29, 1.82) is 0 Å². The van der Waals surface area contributed by atoms with Crippen molar-refractivity contribution in [3.63, 3.8) is 0 Å². The molecular weight excluding hydrogens is 202 g/mol. The molecule has 2 unspecified atom stereocenters. The monoisotopic (exact) mass is 223 g/mol. The van der Waals surface area contributed by atoms with Gasteiger partial charge in [-0.25, -0.2) is 0 Å². The van der Waals surface area contributed by atoms with E-state index in [1.54, 1.807) is 0 Å². The van der Waals surface area contributed by atoms with E-state index in [1.165, 1.54) is 6.42 Å². The second-order valence-corrected chi connectivity index (χ2v) is 5.39. The smallest absolute Gasteiger partial charge is 0.223 e. The van der Waals surface area contributed by atoms with E-state index in [4.69, 9.17) is 10.3 Å². The number of nitrogens with zero attached hydrogens (tertiary/aromatic N) is 2. The molecule has 1 aliphatic carbocycles. The Kier molecular flexibility index (Phi) is 3.02. The van der Waals surface area contributed by atoms with E-state index in [2.05, 4.69) is 24.0 Å². The standard InChI is InChI=1S/C12H21N3O/c1-8(2)10-5-4-6-12(13,7-10)11-14-9(3)16-15-11/h8,10H,4-7,13H2,1-3H3. The predicted molar refractivity (Wildman–Crippen MR) is 61.7 cm³/mol. The third-order valence-corrected chi connectivity index (χ3v) is 3.74. The molecule has 1 aromatic rings. The van der Waals surface area contributed by atoms with Gasteiger partial charge >= 0.3 is 0 Å². The van der Waals surface area contributed by atoms with Gasteiger partial charge in [0.15, 0.2) is 5.82 Å². The maximum atomic E-state index is 6.44. The summed E-state index contributed by atoms with van der Waals surface area (Å²) < 4.78 is 5.04. The van der Waals surface area contributed by atoms with Gasteiger partial charge in [0.1, 0.15) is 0 Å². The summed E-state index contributed by atoms with van der Waals surface area (Å²) in [6, 6.07) is 0. The number of aryl methyl sites for hydroxylation is 1. The molecule has 4 heteroatoms. The van der Waals surface area contributed by atoms with Crippen LogP contribution in [0.1, 0.15) is 51.2 Å². The van der Waals surface area contributed by atoms with Gasteiger partial charge in [0, 0.05) is 6.92 Å². The molecule has 0 radical (unpaired) electrons. The molecular formula is C12H21N3O. The number of nitrogens with two attached hydrogens (primary N) is 1. The summed E-state index contributed by atoms with van der Waals surface area (Å²) in [7, 11) is 0. The summed E-state index contributed by atoms with van der Waals surface area (Å²) in [5.41, 5.74) is 6.07. The molecule has 90 valence electrons. The van der Waals surface area contributed by atoms with Crippen molar-refractivity contribution in [1.82, 2.24) is 10.1 Å². The van der Waals surface area contributed by atoms with E-state index in [1.807, 2.05) is 6.92 Å². The van der Waals surface area contributed by atoms with Crippen molar-refractivity contribution in [3.05, 3.63) is 11.7 Å². The molecule has 1 aliphatic rings. The van der Waals surface area contributed by atoms with Gasteiger partial charge in [-0.05, 0) is 24.7 Å². The predicted octanol–water partition coefficient (Wildman–Crippen LogP) is 2.38. The minimum Gasteiger partial charge on any atom is -0.340 e. The quantitative estimate of drug-likeness (QED) is 0.836.